The van der Waals surface area contributed by atoms with Gasteiger partial charge in [0.25, 0.3) is 11.4 Å². The topological polar surface area (TPSA) is 115 Å². The van der Waals surface area contributed by atoms with Gasteiger partial charge in [-0.25, -0.2) is 0 Å². The van der Waals surface area contributed by atoms with Crippen molar-refractivity contribution >= 4 is 34.7 Å². The fraction of sp³-hybridized carbons (Fsp3) is 0.133. The molecule has 0 fully saturated rings. The average molecular weight is 347 g/mol. The molecule has 0 radical (unpaired) electrons. The van der Waals surface area contributed by atoms with Crippen LogP contribution in [0.2, 0.25) is 0 Å². The standard InChI is InChI=1S/C15H13N3O5S/c1-10(24-14-7-5-12(6-8-14)17(20)21)15(19)16-11-3-2-4-13(9-11)18(22)23/h2-10H,1H3,(H,16,19). The molecular weight excluding hydrogens is 334 g/mol. The molecule has 0 bridgehead atoms. The summed E-state index contributed by atoms with van der Waals surface area (Å²) in [7, 11) is 0. The normalized spacial score (nSPS) is 11.5. The van der Waals surface area contributed by atoms with Crippen LogP contribution in [0.3, 0.4) is 0 Å². The number of hydrogen-bond donors (Lipinski definition) is 1. The predicted molar refractivity (Wildman–Crippen MR) is 90.1 cm³/mol. The zero-order chi connectivity index (χ0) is 17.7. The van der Waals surface area contributed by atoms with E-state index in [2.05, 4.69) is 5.32 Å². The van der Waals surface area contributed by atoms with Gasteiger partial charge in [-0.1, -0.05) is 6.07 Å². The van der Waals surface area contributed by atoms with Gasteiger partial charge in [-0.05, 0) is 25.1 Å². The van der Waals surface area contributed by atoms with Crippen molar-refractivity contribution in [1.29, 1.82) is 0 Å². The maximum Gasteiger partial charge on any atom is 0.271 e. The molecule has 8 nitrogen and oxygen atoms in total. The summed E-state index contributed by atoms with van der Waals surface area (Å²) in [5.41, 5.74) is 0.210. The summed E-state index contributed by atoms with van der Waals surface area (Å²) < 4.78 is 0. The van der Waals surface area contributed by atoms with Gasteiger partial charge in [-0.3, -0.25) is 25.0 Å². The van der Waals surface area contributed by atoms with Crippen molar-refractivity contribution in [3.63, 3.8) is 0 Å². The van der Waals surface area contributed by atoms with E-state index in [4.69, 9.17) is 0 Å². The number of hydrogen-bond acceptors (Lipinski definition) is 6. The summed E-state index contributed by atoms with van der Waals surface area (Å²) >= 11 is 1.23. The van der Waals surface area contributed by atoms with Gasteiger partial charge in [-0.2, -0.15) is 0 Å². The quantitative estimate of drug-likeness (QED) is 0.485. The minimum atomic E-state index is -0.537. The van der Waals surface area contributed by atoms with E-state index in [-0.39, 0.29) is 17.3 Å². The van der Waals surface area contributed by atoms with Crippen LogP contribution in [0.4, 0.5) is 17.1 Å². The Balaban J connectivity index is 2.00. The molecular formula is C15H13N3O5S. The minimum absolute atomic E-state index is 0.0203. The van der Waals surface area contributed by atoms with Gasteiger partial charge in [0.05, 0.1) is 15.1 Å². The van der Waals surface area contributed by atoms with Gasteiger partial charge < -0.3 is 5.32 Å². The molecule has 0 saturated carbocycles. The van der Waals surface area contributed by atoms with Crippen molar-refractivity contribution in [2.24, 2.45) is 0 Å². The van der Waals surface area contributed by atoms with Crippen molar-refractivity contribution in [2.45, 2.75) is 17.1 Å². The van der Waals surface area contributed by atoms with Crippen molar-refractivity contribution in [3.8, 4) is 0 Å². The van der Waals surface area contributed by atoms with E-state index in [1.807, 2.05) is 0 Å². The highest BCUT2D eigenvalue weighted by Gasteiger charge is 2.16. The second-order valence-corrected chi connectivity index (χ2v) is 6.22. The largest absolute Gasteiger partial charge is 0.325 e. The molecule has 2 aromatic rings. The second kappa shape index (κ2) is 7.55. The minimum Gasteiger partial charge on any atom is -0.325 e. The smallest absolute Gasteiger partial charge is 0.271 e. The Morgan fingerprint density at radius 3 is 2.25 bits per heavy atom. The van der Waals surface area contributed by atoms with Crippen LogP contribution in [-0.4, -0.2) is 21.0 Å². The number of anilines is 1. The third-order valence-electron chi connectivity index (χ3n) is 3.05. The van der Waals surface area contributed by atoms with E-state index in [1.54, 1.807) is 25.1 Å². The first kappa shape index (κ1) is 17.4. The average Bonchev–Trinajstić information content (AvgIpc) is 2.55. The highest BCUT2D eigenvalue weighted by molar-refractivity contribution is 8.00. The van der Waals surface area contributed by atoms with Crippen LogP contribution >= 0.6 is 11.8 Å². The summed E-state index contributed by atoms with van der Waals surface area (Å²) in [6.07, 6.45) is 0. The number of nitrogens with one attached hydrogen (secondary N) is 1. The zero-order valence-corrected chi connectivity index (χ0v) is 13.4. The molecule has 0 saturated heterocycles. The lowest BCUT2D eigenvalue weighted by Gasteiger charge is -2.12. The number of nitro benzene ring substituents is 2. The lowest BCUT2D eigenvalue weighted by Crippen LogP contribution is -2.22. The number of non-ortho nitro benzene ring substituents is 2. The third-order valence-corrected chi connectivity index (χ3v) is 4.17. The monoisotopic (exact) mass is 347 g/mol. The molecule has 2 rings (SSSR count). The maximum atomic E-state index is 12.2. The summed E-state index contributed by atoms with van der Waals surface area (Å²) in [5, 5.41) is 23.5. The molecule has 1 atom stereocenters. The van der Waals surface area contributed by atoms with Crippen LogP contribution < -0.4 is 5.32 Å². The van der Waals surface area contributed by atoms with Crippen LogP contribution in [-0.2, 0) is 4.79 Å². The highest BCUT2D eigenvalue weighted by atomic mass is 32.2. The Bertz CT molecular complexity index is 779. The number of nitro groups is 2. The lowest BCUT2D eigenvalue weighted by atomic mass is 10.2. The molecule has 0 aliphatic carbocycles. The molecule has 0 aliphatic rings. The highest BCUT2D eigenvalue weighted by Crippen LogP contribution is 2.26. The number of benzene rings is 2. The number of amides is 1. The second-order valence-electron chi connectivity index (χ2n) is 4.81. The number of rotatable bonds is 6. The SMILES string of the molecule is CC(Sc1ccc([N+](=O)[O-])cc1)C(=O)Nc1cccc([N+](=O)[O-])c1. The van der Waals surface area contributed by atoms with E-state index < -0.39 is 15.1 Å². The molecule has 1 amide bonds. The van der Waals surface area contributed by atoms with Gasteiger partial charge in [0, 0.05) is 34.8 Å². The zero-order valence-electron chi connectivity index (χ0n) is 12.5. The van der Waals surface area contributed by atoms with E-state index in [9.17, 15) is 25.0 Å². The molecule has 1 N–H and O–H groups in total. The molecule has 9 heteroatoms. The summed E-state index contributed by atoms with van der Waals surface area (Å²) in [4.78, 5) is 33.2. The Morgan fingerprint density at radius 1 is 1.04 bits per heavy atom. The van der Waals surface area contributed by atoms with E-state index in [0.717, 1.165) is 0 Å². The molecule has 0 spiro atoms. The number of carbonyl (C=O) groups excluding carboxylic acids is 1. The third kappa shape index (κ3) is 4.53. The fourth-order valence-corrected chi connectivity index (χ4v) is 2.71. The molecule has 2 aromatic carbocycles. The Labute approximate surface area is 141 Å². The van der Waals surface area contributed by atoms with Crippen LogP contribution in [0.25, 0.3) is 0 Å². The molecule has 1 unspecified atom stereocenters. The van der Waals surface area contributed by atoms with Gasteiger partial charge >= 0.3 is 0 Å². The van der Waals surface area contributed by atoms with Gasteiger partial charge in [0.2, 0.25) is 5.91 Å². The van der Waals surface area contributed by atoms with Crippen molar-refractivity contribution in [3.05, 3.63) is 68.8 Å². The Hall–Kier alpha value is -2.94. The summed E-state index contributed by atoms with van der Waals surface area (Å²) in [6.45, 7) is 1.68. The first-order valence-electron chi connectivity index (χ1n) is 6.83. The van der Waals surface area contributed by atoms with Crippen LogP contribution in [0, 0.1) is 20.2 Å². The van der Waals surface area contributed by atoms with Gasteiger partial charge in [0.1, 0.15) is 0 Å². The Morgan fingerprint density at radius 2 is 1.67 bits per heavy atom. The molecule has 0 aromatic heterocycles. The van der Waals surface area contributed by atoms with Crippen molar-refractivity contribution in [2.75, 3.05) is 5.32 Å². The fourth-order valence-electron chi connectivity index (χ4n) is 1.85. The van der Waals surface area contributed by atoms with Crippen LogP contribution in [0.1, 0.15) is 6.92 Å². The van der Waals surface area contributed by atoms with Crippen LogP contribution in [0.5, 0.6) is 0 Å². The molecule has 24 heavy (non-hydrogen) atoms. The number of carbonyl (C=O) groups is 1. The van der Waals surface area contributed by atoms with Gasteiger partial charge in [0.15, 0.2) is 0 Å². The summed E-state index contributed by atoms with van der Waals surface area (Å²) in [5.74, 6) is -0.321. The summed E-state index contributed by atoms with van der Waals surface area (Å²) in [6, 6.07) is 11.5. The van der Waals surface area contributed by atoms with Gasteiger partial charge in [-0.15, -0.1) is 11.8 Å². The van der Waals surface area contributed by atoms with Crippen molar-refractivity contribution in [1.82, 2.24) is 0 Å². The molecule has 124 valence electrons. The molecule has 0 aliphatic heterocycles. The first-order valence-corrected chi connectivity index (χ1v) is 7.71. The number of thioether (sulfide) groups is 1. The maximum absolute atomic E-state index is 12.2. The van der Waals surface area contributed by atoms with E-state index >= 15 is 0 Å². The molecule has 0 heterocycles. The Kier molecular flexibility index (Phi) is 5.48. The first-order chi connectivity index (χ1) is 11.4. The van der Waals surface area contributed by atoms with E-state index in [0.29, 0.717) is 10.6 Å². The lowest BCUT2D eigenvalue weighted by molar-refractivity contribution is -0.385. The number of nitrogens with zero attached hydrogens (tertiary/aromatic N) is 2. The van der Waals surface area contributed by atoms with E-state index in [1.165, 1.54) is 42.1 Å². The predicted octanol–water partition coefficient (Wildman–Crippen LogP) is 3.62. The van der Waals surface area contributed by atoms with Crippen LogP contribution in [0.15, 0.2) is 53.4 Å². The van der Waals surface area contributed by atoms with Crippen molar-refractivity contribution < 1.29 is 14.6 Å².